The molecule has 6 nitrogen and oxygen atoms in total. The summed E-state index contributed by atoms with van der Waals surface area (Å²) in [7, 11) is 4.75. The number of fused-ring (bicyclic) bond motifs is 1. The molecule has 132 valence electrons. The summed E-state index contributed by atoms with van der Waals surface area (Å²) in [6.07, 6.45) is 1.59. The summed E-state index contributed by atoms with van der Waals surface area (Å²) in [6.45, 7) is 0. The van der Waals surface area contributed by atoms with Crippen molar-refractivity contribution in [2.75, 3.05) is 21.3 Å². The van der Waals surface area contributed by atoms with Gasteiger partial charge in [0.2, 0.25) is 5.75 Å². The number of furan rings is 1. The zero-order chi connectivity index (χ0) is 18.1. The van der Waals surface area contributed by atoms with Crippen molar-refractivity contribution in [1.29, 1.82) is 0 Å². The standard InChI is InChI=1S/C20H17NO5/c1-22-16-10-12(11-17(23-2)19(16)24-3)13-6-4-7-14-18(13)26-20(21-14)15-8-5-9-25-15/h4-11H,1-3H3. The molecule has 6 heteroatoms. The summed E-state index contributed by atoms with van der Waals surface area (Å²) in [6, 6.07) is 13.1. The van der Waals surface area contributed by atoms with Crippen molar-refractivity contribution in [3.8, 4) is 40.0 Å². The molecule has 2 aromatic carbocycles. The van der Waals surface area contributed by atoms with Crippen LogP contribution in [0.3, 0.4) is 0 Å². The Morgan fingerprint density at radius 1 is 0.885 bits per heavy atom. The Kier molecular flexibility index (Phi) is 4.01. The van der Waals surface area contributed by atoms with Crippen LogP contribution >= 0.6 is 0 Å². The average molecular weight is 351 g/mol. The van der Waals surface area contributed by atoms with E-state index in [0.717, 1.165) is 16.6 Å². The number of nitrogens with zero attached hydrogens (tertiary/aromatic N) is 1. The molecule has 0 atom stereocenters. The summed E-state index contributed by atoms with van der Waals surface area (Å²) in [4.78, 5) is 4.51. The number of oxazole rings is 1. The molecule has 0 saturated carbocycles. The summed E-state index contributed by atoms with van der Waals surface area (Å²) >= 11 is 0. The van der Waals surface area contributed by atoms with Gasteiger partial charge in [-0.25, -0.2) is 4.98 Å². The van der Waals surface area contributed by atoms with Crippen LogP contribution in [0.4, 0.5) is 0 Å². The predicted molar refractivity (Wildman–Crippen MR) is 96.8 cm³/mol. The molecule has 4 aromatic rings. The molecule has 2 heterocycles. The van der Waals surface area contributed by atoms with Gasteiger partial charge in [0.15, 0.2) is 22.8 Å². The first-order chi connectivity index (χ1) is 12.7. The first-order valence-electron chi connectivity index (χ1n) is 7.99. The lowest BCUT2D eigenvalue weighted by atomic mass is 10.0. The summed E-state index contributed by atoms with van der Waals surface area (Å²) in [5.41, 5.74) is 3.13. The minimum absolute atomic E-state index is 0.435. The molecule has 0 bridgehead atoms. The lowest BCUT2D eigenvalue weighted by Crippen LogP contribution is -1.95. The van der Waals surface area contributed by atoms with Gasteiger partial charge in [0.25, 0.3) is 5.89 Å². The van der Waals surface area contributed by atoms with E-state index < -0.39 is 0 Å². The number of aromatic nitrogens is 1. The van der Waals surface area contributed by atoms with Crippen molar-refractivity contribution in [3.05, 3.63) is 48.7 Å². The van der Waals surface area contributed by atoms with E-state index in [1.54, 1.807) is 33.7 Å². The topological polar surface area (TPSA) is 66.9 Å². The van der Waals surface area contributed by atoms with Crippen molar-refractivity contribution >= 4 is 11.1 Å². The second kappa shape index (κ2) is 6.48. The Hall–Kier alpha value is -3.41. The fourth-order valence-corrected chi connectivity index (χ4v) is 2.92. The van der Waals surface area contributed by atoms with Gasteiger partial charge >= 0.3 is 0 Å². The van der Waals surface area contributed by atoms with E-state index in [1.807, 2.05) is 36.4 Å². The van der Waals surface area contributed by atoms with E-state index in [1.165, 1.54) is 0 Å². The Morgan fingerprint density at radius 2 is 1.65 bits per heavy atom. The Bertz CT molecular complexity index is 1020. The van der Waals surface area contributed by atoms with Crippen molar-refractivity contribution < 1.29 is 23.0 Å². The molecule has 0 saturated heterocycles. The minimum atomic E-state index is 0.435. The number of rotatable bonds is 5. The third-order valence-electron chi connectivity index (χ3n) is 4.12. The molecular formula is C20H17NO5. The van der Waals surface area contributed by atoms with E-state index in [4.69, 9.17) is 23.0 Å². The van der Waals surface area contributed by atoms with E-state index in [-0.39, 0.29) is 0 Å². The van der Waals surface area contributed by atoms with E-state index in [9.17, 15) is 0 Å². The Labute approximate surface area is 149 Å². The summed E-state index contributed by atoms with van der Waals surface area (Å²) < 4.78 is 27.7. The summed E-state index contributed by atoms with van der Waals surface area (Å²) in [5, 5.41) is 0. The number of benzene rings is 2. The number of hydrogen-bond donors (Lipinski definition) is 0. The molecule has 4 rings (SSSR count). The van der Waals surface area contributed by atoms with Gasteiger partial charge in [-0.3, -0.25) is 0 Å². The van der Waals surface area contributed by atoms with Gasteiger partial charge in [0.1, 0.15) is 5.52 Å². The van der Waals surface area contributed by atoms with E-state index >= 15 is 0 Å². The molecule has 0 fully saturated rings. The highest BCUT2D eigenvalue weighted by atomic mass is 16.5. The van der Waals surface area contributed by atoms with Crippen LogP contribution in [0.25, 0.3) is 33.9 Å². The van der Waals surface area contributed by atoms with Crippen LogP contribution in [-0.4, -0.2) is 26.3 Å². The van der Waals surface area contributed by atoms with Crippen LogP contribution in [0.1, 0.15) is 0 Å². The third-order valence-corrected chi connectivity index (χ3v) is 4.12. The zero-order valence-corrected chi connectivity index (χ0v) is 14.6. The predicted octanol–water partition coefficient (Wildman–Crippen LogP) is 4.78. The van der Waals surface area contributed by atoms with Crippen molar-refractivity contribution in [2.45, 2.75) is 0 Å². The van der Waals surface area contributed by atoms with Crippen LogP contribution in [0.5, 0.6) is 17.2 Å². The largest absolute Gasteiger partial charge is 0.493 e. The monoisotopic (exact) mass is 351 g/mol. The fourth-order valence-electron chi connectivity index (χ4n) is 2.92. The molecule has 0 unspecified atom stereocenters. The quantitative estimate of drug-likeness (QED) is 0.515. The van der Waals surface area contributed by atoms with Gasteiger partial charge in [0.05, 0.1) is 27.6 Å². The smallest absolute Gasteiger partial charge is 0.263 e. The Balaban J connectivity index is 1.92. The molecule has 2 aromatic heterocycles. The molecular weight excluding hydrogens is 334 g/mol. The highest BCUT2D eigenvalue weighted by molar-refractivity contribution is 5.92. The lowest BCUT2D eigenvalue weighted by molar-refractivity contribution is 0.324. The van der Waals surface area contributed by atoms with Crippen molar-refractivity contribution in [3.63, 3.8) is 0 Å². The second-order valence-corrected chi connectivity index (χ2v) is 5.56. The van der Waals surface area contributed by atoms with Crippen molar-refractivity contribution in [2.24, 2.45) is 0 Å². The number of ether oxygens (including phenoxy) is 3. The molecule has 0 amide bonds. The maximum atomic E-state index is 5.98. The van der Waals surface area contributed by atoms with Crippen LogP contribution < -0.4 is 14.2 Å². The minimum Gasteiger partial charge on any atom is -0.493 e. The van der Waals surface area contributed by atoms with Gasteiger partial charge < -0.3 is 23.0 Å². The molecule has 0 aliphatic heterocycles. The van der Waals surface area contributed by atoms with Crippen LogP contribution in [0.2, 0.25) is 0 Å². The van der Waals surface area contributed by atoms with Gasteiger partial charge in [-0.1, -0.05) is 12.1 Å². The number of para-hydroxylation sites is 1. The lowest BCUT2D eigenvalue weighted by Gasteiger charge is -2.14. The first kappa shape index (κ1) is 16.1. The van der Waals surface area contributed by atoms with Crippen LogP contribution in [0.15, 0.2) is 57.6 Å². The Morgan fingerprint density at radius 3 is 2.27 bits per heavy atom. The molecule has 26 heavy (non-hydrogen) atoms. The number of hydrogen-bond acceptors (Lipinski definition) is 6. The zero-order valence-electron chi connectivity index (χ0n) is 14.6. The third kappa shape index (κ3) is 2.56. The maximum absolute atomic E-state index is 5.98. The second-order valence-electron chi connectivity index (χ2n) is 5.56. The first-order valence-corrected chi connectivity index (χ1v) is 7.99. The SMILES string of the molecule is COc1cc(-c2cccc3nc(-c4ccco4)oc23)cc(OC)c1OC. The average Bonchev–Trinajstić information content (AvgIpc) is 3.35. The molecule has 0 N–H and O–H groups in total. The van der Waals surface area contributed by atoms with Gasteiger partial charge in [-0.05, 0) is 35.9 Å². The molecule has 0 radical (unpaired) electrons. The van der Waals surface area contributed by atoms with Gasteiger partial charge in [0, 0.05) is 5.56 Å². The molecule has 0 aliphatic rings. The fraction of sp³-hybridized carbons (Fsp3) is 0.150. The van der Waals surface area contributed by atoms with Gasteiger partial charge in [-0.2, -0.15) is 0 Å². The van der Waals surface area contributed by atoms with Gasteiger partial charge in [-0.15, -0.1) is 0 Å². The highest BCUT2D eigenvalue weighted by Gasteiger charge is 2.18. The number of methoxy groups -OCH3 is 3. The van der Waals surface area contributed by atoms with E-state index in [2.05, 4.69) is 4.98 Å². The normalized spacial score (nSPS) is 10.9. The summed E-state index contributed by atoms with van der Waals surface area (Å²) in [5.74, 6) is 2.70. The highest BCUT2D eigenvalue weighted by Crippen LogP contribution is 2.43. The maximum Gasteiger partial charge on any atom is 0.263 e. The van der Waals surface area contributed by atoms with Crippen LogP contribution in [0, 0.1) is 0 Å². The van der Waals surface area contributed by atoms with Crippen LogP contribution in [-0.2, 0) is 0 Å². The van der Waals surface area contributed by atoms with Crippen molar-refractivity contribution in [1.82, 2.24) is 4.98 Å². The molecule has 0 spiro atoms. The van der Waals surface area contributed by atoms with E-state index in [0.29, 0.717) is 34.5 Å². The molecule has 0 aliphatic carbocycles.